The van der Waals surface area contributed by atoms with Crippen LogP contribution in [0.25, 0.3) is 16.9 Å². The van der Waals surface area contributed by atoms with Crippen molar-refractivity contribution in [3.8, 4) is 11.3 Å². The molecule has 0 saturated carbocycles. The highest BCUT2D eigenvalue weighted by atomic mass is 16.4. The van der Waals surface area contributed by atoms with Crippen molar-refractivity contribution in [1.82, 2.24) is 19.6 Å². The van der Waals surface area contributed by atoms with Gasteiger partial charge >= 0.3 is 5.97 Å². The fraction of sp³-hybridized carbons (Fsp3) is 0. The third-order valence-electron chi connectivity index (χ3n) is 2.57. The maximum absolute atomic E-state index is 11.8. The number of nitrogens with zero attached hydrogens (tertiary/aromatic N) is 2. The molecule has 7 nitrogen and oxygen atoms in total. The number of nitrogens with one attached hydrogen (secondary N) is 2. The summed E-state index contributed by atoms with van der Waals surface area (Å²) in [4.78, 5) is 29.7. The van der Waals surface area contributed by atoms with Gasteiger partial charge in [-0.2, -0.15) is 0 Å². The standard InChI is InChI=1S/C11H8N4O3/c16-10-4-7(6-1-2-12-5-6)13-9-3-8(11(17)18)14-15(9)10/h1-5,12,14H,(H,17,18). The normalized spacial score (nSPS) is 10.9. The van der Waals surface area contributed by atoms with Crippen LogP contribution in [-0.4, -0.2) is 30.7 Å². The maximum atomic E-state index is 11.8. The van der Waals surface area contributed by atoms with Crippen molar-refractivity contribution in [1.29, 1.82) is 0 Å². The van der Waals surface area contributed by atoms with Gasteiger partial charge < -0.3 is 10.1 Å². The number of aromatic carboxylic acids is 1. The molecule has 0 radical (unpaired) electrons. The zero-order chi connectivity index (χ0) is 12.7. The second-order valence-electron chi connectivity index (χ2n) is 3.75. The molecular weight excluding hydrogens is 236 g/mol. The number of aromatic nitrogens is 4. The zero-order valence-corrected chi connectivity index (χ0v) is 9.04. The Morgan fingerprint density at radius 1 is 1.39 bits per heavy atom. The van der Waals surface area contributed by atoms with Gasteiger partial charge in [0.15, 0.2) is 5.65 Å². The Bertz CT molecular complexity index is 782. The average Bonchev–Trinajstić information content (AvgIpc) is 2.97. The summed E-state index contributed by atoms with van der Waals surface area (Å²) < 4.78 is 1.10. The van der Waals surface area contributed by atoms with E-state index in [-0.39, 0.29) is 16.9 Å². The van der Waals surface area contributed by atoms with Crippen LogP contribution >= 0.6 is 0 Å². The summed E-state index contributed by atoms with van der Waals surface area (Å²) in [6.07, 6.45) is 3.43. The van der Waals surface area contributed by atoms with Gasteiger partial charge in [0.05, 0.1) is 5.69 Å². The van der Waals surface area contributed by atoms with E-state index in [4.69, 9.17) is 5.11 Å². The average molecular weight is 244 g/mol. The molecule has 3 aromatic rings. The van der Waals surface area contributed by atoms with Crippen molar-refractivity contribution < 1.29 is 9.90 Å². The van der Waals surface area contributed by atoms with Crippen LogP contribution in [0.1, 0.15) is 10.5 Å². The molecular formula is C11H8N4O3. The first kappa shape index (κ1) is 10.3. The summed E-state index contributed by atoms with van der Waals surface area (Å²) in [6.45, 7) is 0. The molecule has 3 N–H and O–H groups in total. The third kappa shape index (κ3) is 1.49. The van der Waals surface area contributed by atoms with Crippen LogP contribution in [0.2, 0.25) is 0 Å². The molecule has 3 rings (SSSR count). The number of rotatable bonds is 2. The minimum absolute atomic E-state index is 0.0779. The number of carboxylic acid groups (broad SMARTS) is 1. The molecule has 0 aliphatic rings. The number of hydrogen-bond donors (Lipinski definition) is 3. The van der Waals surface area contributed by atoms with Crippen molar-refractivity contribution in [2.24, 2.45) is 0 Å². The summed E-state index contributed by atoms with van der Waals surface area (Å²) in [5, 5.41) is 11.3. The first-order valence-electron chi connectivity index (χ1n) is 5.14. The highest BCUT2D eigenvalue weighted by Gasteiger charge is 2.11. The first-order chi connectivity index (χ1) is 8.65. The number of hydrogen-bond acceptors (Lipinski definition) is 3. The van der Waals surface area contributed by atoms with Crippen LogP contribution < -0.4 is 5.56 Å². The Morgan fingerprint density at radius 3 is 2.89 bits per heavy atom. The lowest BCUT2D eigenvalue weighted by Gasteiger charge is -1.97. The highest BCUT2D eigenvalue weighted by Crippen LogP contribution is 2.15. The van der Waals surface area contributed by atoms with E-state index in [1.165, 1.54) is 12.1 Å². The minimum atomic E-state index is -1.14. The fourth-order valence-corrected chi connectivity index (χ4v) is 1.73. The van der Waals surface area contributed by atoms with E-state index < -0.39 is 5.97 Å². The van der Waals surface area contributed by atoms with Crippen LogP contribution in [0.15, 0.2) is 35.4 Å². The van der Waals surface area contributed by atoms with Crippen molar-refractivity contribution >= 4 is 11.6 Å². The summed E-state index contributed by atoms with van der Waals surface area (Å²) in [7, 11) is 0. The lowest BCUT2D eigenvalue weighted by molar-refractivity contribution is 0.0690. The predicted octanol–water partition coefficient (Wildman–Crippen LogP) is 0.716. The lowest BCUT2D eigenvalue weighted by atomic mass is 10.2. The molecule has 7 heteroatoms. The molecule has 3 heterocycles. The Labute approximate surface area is 99.7 Å². The highest BCUT2D eigenvalue weighted by molar-refractivity contribution is 5.86. The quantitative estimate of drug-likeness (QED) is 0.617. The minimum Gasteiger partial charge on any atom is -0.477 e. The molecule has 0 aliphatic heterocycles. The number of carboxylic acids is 1. The van der Waals surface area contributed by atoms with Gasteiger partial charge in [0, 0.05) is 30.1 Å². The van der Waals surface area contributed by atoms with Crippen LogP contribution in [0.3, 0.4) is 0 Å². The van der Waals surface area contributed by atoms with Crippen LogP contribution in [0.4, 0.5) is 0 Å². The molecule has 18 heavy (non-hydrogen) atoms. The van der Waals surface area contributed by atoms with Crippen LogP contribution in [-0.2, 0) is 0 Å². The number of fused-ring (bicyclic) bond motifs is 1. The first-order valence-corrected chi connectivity index (χ1v) is 5.14. The van der Waals surface area contributed by atoms with Crippen LogP contribution in [0.5, 0.6) is 0 Å². The Kier molecular flexibility index (Phi) is 2.06. The van der Waals surface area contributed by atoms with Crippen molar-refractivity contribution in [3.63, 3.8) is 0 Å². The molecule has 0 spiro atoms. The second kappa shape index (κ2) is 3.59. The van der Waals surface area contributed by atoms with Crippen molar-refractivity contribution in [2.45, 2.75) is 0 Å². The van der Waals surface area contributed by atoms with E-state index >= 15 is 0 Å². The number of aromatic amines is 2. The molecule has 0 bridgehead atoms. The topological polar surface area (TPSA) is 103 Å². The van der Waals surface area contributed by atoms with Gasteiger partial charge in [0.2, 0.25) is 0 Å². The van der Waals surface area contributed by atoms with Crippen LogP contribution in [0, 0.1) is 0 Å². The molecule has 0 aliphatic carbocycles. The van der Waals surface area contributed by atoms with E-state index in [2.05, 4.69) is 15.1 Å². The smallest absolute Gasteiger partial charge is 0.353 e. The van der Waals surface area contributed by atoms with Crippen molar-refractivity contribution in [3.05, 3.63) is 46.6 Å². The van der Waals surface area contributed by atoms with Gasteiger partial charge in [-0.1, -0.05) is 0 Å². The van der Waals surface area contributed by atoms with Gasteiger partial charge in [-0.15, -0.1) is 0 Å². The molecule has 0 unspecified atom stereocenters. The summed E-state index contributed by atoms with van der Waals surface area (Å²) in [5.41, 5.74) is 1.11. The Hall–Kier alpha value is -2.83. The molecule has 0 fully saturated rings. The van der Waals surface area contributed by atoms with Gasteiger partial charge in [-0.25, -0.2) is 14.3 Å². The van der Waals surface area contributed by atoms with E-state index in [1.54, 1.807) is 18.5 Å². The summed E-state index contributed by atoms with van der Waals surface area (Å²) in [6, 6.07) is 4.45. The lowest BCUT2D eigenvalue weighted by Crippen LogP contribution is -2.14. The fourth-order valence-electron chi connectivity index (χ4n) is 1.73. The number of H-pyrrole nitrogens is 2. The van der Waals surface area contributed by atoms with Gasteiger partial charge in [0.25, 0.3) is 5.56 Å². The zero-order valence-electron chi connectivity index (χ0n) is 9.04. The van der Waals surface area contributed by atoms with Gasteiger partial charge in [-0.3, -0.25) is 9.89 Å². The monoisotopic (exact) mass is 244 g/mol. The third-order valence-corrected chi connectivity index (χ3v) is 2.57. The Balaban J connectivity index is 2.27. The molecule has 3 aromatic heterocycles. The SMILES string of the molecule is O=C(O)c1cc2nc(-c3cc[nH]c3)cc(=O)n2[nH]1. The van der Waals surface area contributed by atoms with Gasteiger partial charge in [0.1, 0.15) is 5.69 Å². The summed E-state index contributed by atoms with van der Waals surface area (Å²) >= 11 is 0. The van der Waals surface area contributed by atoms with E-state index in [0.717, 1.165) is 10.1 Å². The maximum Gasteiger partial charge on any atom is 0.353 e. The molecule has 0 aromatic carbocycles. The predicted molar refractivity (Wildman–Crippen MR) is 62.6 cm³/mol. The Morgan fingerprint density at radius 2 is 2.22 bits per heavy atom. The van der Waals surface area contributed by atoms with E-state index in [0.29, 0.717) is 5.69 Å². The molecule has 0 amide bonds. The number of carbonyl (C=O) groups is 1. The summed E-state index contributed by atoms with van der Waals surface area (Å²) in [5.74, 6) is -1.14. The largest absolute Gasteiger partial charge is 0.477 e. The van der Waals surface area contributed by atoms with Gasteiger partial charge in [-0.05, 0) is 6.07 Å². The molecule has 0 saturated heterocycles. The van der Waals surface area contributed by atoms with E-state index in [9.17, 15) is 9.59 Å². The van der Waals surface area contributed by atoms with Crippen molar-refractivity contribution in [2.75, 3.05) is 0 Å². The molecule has 90 valence electrons. The molecule has 0 atom stereocenters. The second-order valence-corrected chi connectivity index (χ2v) is 3.75. The van der Waals surface area contributed by atoms with E-state index in [1.807, 2.05) is 0 Å².